The number of nitrogens with zero attached hydrogens (tertiary/aromatic N) is 1. The van der Waals surface area contributed by atoms with Gasteiger partial charge in [-0.25, -0.2) is 0 Å². The highest BCUT2D eigenvalue weighted by Crippen LogP contribution is 2.35. The van der Waals surface area contributed by atoms with E-state index in [0.29, 0.717) is 11.5 Å². The topological polar surface area (TPSA) is 60.0 Å². The summed E-state index contributed by atoms with van der Waals surface area (Å²) in [5.41, 5.74) is 2.65. The highest BCUT2D eigenvalue weighted by Gasteiger charge is 2.25. The van der Waals surface area contributed by atoms with Gasteiger partial charge in [0.25, 0.3) is 5.91 Å². The number of amides is 1. The molecular formula is C23H27IN2O4S. The minimum atomic E-state index is -0.233. The van der Waals surface area contributed by atoms with Crippen molar-refractivity contribution in [2.24, 2.45) is 0 Å². The van der Waals surface area contributed by atoms with E-state index in [4.69, 9.17) is 26.4 Å². The number of halogens is 1. The average Bonchev–Trinajstić information content (AvgIpc) is 2.72. The maximum Gasteiger partial charge on any atom is 0.262 e. The standard InChI is InChI=1S/C23H27IN2O4S/c1-14-7-5-6-8-19(14)25-21(27)13-29-22-18(24)9-17(10-20(22)28-4)23(31)26-11-15(2)30-16(3)12-26/h5-10,15-16H,11-13H2,1-4H3,(H,25,27)/t15-,16-/m0/s1. The van der Waals surface area contributed by atoms with Gasteiger partial charge < -0.3 is 24.4 Å². The number of nitrogens with one attached hydrogen (secondary N) is 1. The number of thiocarbonyl (C=S) groups is 1. The highest BCUT2D eigenvalue weighted by molar-refractivity contribution is 14.1. The van der Waals surface area contributed by atoms with Gasteiger partial charge in [0.15, 0.2) is 18.1 Å². The van der Waals surface area contributed by atoms with Crippen molar-refractivity contribution >= 4 is 51.4 Å². The second-order valence-corrected chi connectivity index (χ2v) is 9.16. The first kappa shape index (κ1) is 23.7. The number of aryl methyl sites for hydroxylation is 1. The van der Waals surface area contributed by atoms with E-state index in [-0.39, 0.29) is 24.7 Å². The van der Waals surface area contributed by atoms with E-state index in [1.165, 1.54) is 0 Å². The Morgan fingerprint density at radius 1 is 1.26 bits per heavy atom. The first-order chi connectivity index (χ1) is 14.8. The summed E-state index contributed by atoms with van der Waals surface area (Å²) in [5, 5.41) is 2.87. The van der Waals surface area contributed by atoms with Gasteiger partial charge in [0.2, 0.25) is 0 Å². The van der Waals surface area contributed by atoms with Gasteiger partial charge in [-0.1, -0.05) is 30.4 Å². The van der Waals surface area contributed by atoms with Gasteiger partial charge in [-0.15, -0.1) is 0 Å². The molecular weight excluding hydrogens is 527 g/mol. The summed E-state index contributed by atoms with van der Waals surface area (Å²) in [4.78, 5) is 15.3. The number of methoxy groups -OCH3 is 1. The lowest BCUT2D eigenvalue weighted by molar-refractivity contribution is -0.118. The number of morpholine rings is 1. The molecule has 0 saturated carbocycles. The minimum Gasteiger partial charge on any atom is -0.493 e. The van der Waals surface area contributed by atoms with Gasteiger partial charge in [0.1, 0.15) is 4.99 Å². The van der Waals surface area contributed by atoms with Crippen molar-refractivity contribution in [3.05, 3.63) is 51.1 Å². The third-order valence-electron chi connectivity index (χ3n) is 4.95. The maximum atomic E-state index is 12.4. The number of benzene rings is 2. The molecule has 1 heterocycles. The van der Waals surface area contributed by atoms with Gasteiger partial charge in [-0.05, 0) is 67.1 Å². The average molecular weight is 554 g/mol. The first-order valence-corrected chi connectivity index (χ1v) is 11.6. The molecule has 2 aromatic carbocycles. The van der Waals surface area contributed by atoms with Crippen LogP contribution in [-0.4, -0.2) is 54.8 Å². The molecule has 3 rings (SSSR count). The molecule has 8 heteroatoms. The van der Waals surface area contributed by atoms with Crippen LogP contribution in [-0.2, 0) is 9.53 Å². The van der Waals surface area contributed by atoms with E-state index in [2.05, 4.69) is 46.7 Å². The van der Waals surface area contributed by atoms with Crippen LogP contribution >= 0.6 is 34.8 Å². The molecule has 0 radical (unpaired) electrons. The summed E-state index contributed by atoms with van der Waals surface area (Å²) in [5.74, 6) is 0.837. The van der Waals surface area contributed by atoms with E-state index in [0.717, 1.165) is 38.5 Å². The Hall–Kier alpha value is -1.91. The fourth-order valence-electron chi connectivity index (χ4n) is 3.55. The van der Waals surface area contributed by atoms with Crippen LogP contribution in [0.15, 0.2) is 36.4 Å². The highest BCUT2D eigenvalue weighted by atomic mass is 127. The van der Waals surface area contributed by atoms with Crippen LogP contribution in [0.4, 0.5) is 5.69 Å². The van der Waals surface area contributed by atoms with Gasteiger partial charge in [-0.2, -0.15) is 0 Å². The maximum absolute atomic E-state index is 12.4. The number of carbonyl (C=O) groups excluding carboxylic acids is 1. The number of anilines is 1. The predicted octanol–water partition coefficient (Wildman–Crippen LogP) is 4.41. The second kappa shape index (κ2) is 10.6. The van der Waals surface area contributed by atoms with Crippen LogP contribution in [0, 0.1) is 10.5 Å². The number of hydrogen-bond donors (Lipinski definition) is 1. The van der Waals surface area contributed by atoms with E-state index in [1.807, 2.05) is 43.3 Å². The lowest BCUT2D eigenvalue weighted by Crippen LogP contribution is -2.47. The van der Waals surface area contributed by atoms with Crippen LogP contribution in [0.1, 0.15) is 25.0 Å². The summed E-state index contributed by atoms with van der Waals surface area (Å²) < 4.78 is 18.0. The van der Waals surface area contributed by atoms with Crippen molar-refractivity contribution in [1.29, 1.82) is 0 Å². The Balaban J connectivity index is 1.71. The quantitative estimate of drug-likeness (QED) is 0.422. The van der Waals surface area contributed by atoms with Crippen LogP contribution in [0.2, 0.25) is 0 Å². The lowest BCUT2D eigenvalue weighted by atomic mass is 10.1. The minimum absolute atomic E-state index is 0.122. The fraction of sp³-hybridized carbons (Fsp3) is 0.391. The molecule has 2 atom stereocenters. The number of carbonyl (C=O) groups is 1. The van der Waals surface area contributed by atoms with Gasteiger partial charge in [-0.3, -0.25) is 4.79 Å². The molecule has 1 amide bonds. The number of ether oxygens (including phenoxy) is 3. The Morgan fingerprint density at radius 3 is 2.58 bits per heavy atom. The first-order valence-electron chi connectivity index (χ1n) is 10.1. The number of hydrogen-bond acceptors (Lipinski definition) is 5. The molecule has 31 heavy (non-hydrogen) atoms. The summed E-state index contributed by atoms with van der Waals surface area (Å²) in [6, 6.07) is 11.4. The molecule has 1 aliphatic heterocycles. The molecule has 0 unspecified atom stereocenters. The third-order valence-corrected chi connectivity index (χ3v) is 6.25. The van der Waals surface area contributed by atoms with Crippen LogP contribution in [0.5, 0.6) is 11.5 Å². The predicted molar refractivity (Wildman–Crippen MR) is 134 cm³/mol. The normalized spacial score (nSPS) is 18.4. The lowest BCUT2D eigenvalue weighted by Gasteiger charge is -2.37. The van der Waals surface area contributed by atoms with Crippen LogP contribution in [0.25, 0.3) is 0 Å². The molecule has 0 spiro atoms. The Labute approximate surface area is 202 Å². The third kappa shape index (κ3) is 6.08. The molecule has 0 aliphatic carbocycles. The van der Waals surface area contributed by atoms with Crippen molar-refractivity contribution in [3.8, 4) is 11.5 Å². The molecule has 6 nitrogen and oxygen atoms in total. The zero-order valence-electron chi connectivity index (χ0n) is 18.1. The Kier molecular flexibility index (Phi) is 8.12. The van der Waals surface area contributed by atoms with Crippen molar-refractivity contribution < 1.29 is 19.0 Å². The largest absolute Gasteiger partial charge is 0.493 e. The Bertz CT molecular complexity index is 959. The molecule has 0 bridgehead atoms. The molecule has 1 N–H and O–H groups in total. The van der Waals surface area contributed by atoms with E-state index in [9.17, 15) is 4.79 Å². The summed E-state index contributed by atoms with van der Waals surface area (Å²) >= 11 is 7.94. The van der Waals surface area contributed by atoms with E-state index in [1.54, 1.807) is 7.11 Å². The summed E-state index contributed by atoms with van der Waals surface area (Å²) in [6.45, 7) is 7.42. The zero-order valence-corrected chi connectivity index (χ0v) is 21.1. The second-order valence-electron chi connectivity index (χ2n) is 7.61. The van der Waals surface area contributed by atoms with E-state index >= 15 is 0 Å². The molecule has 0 aromatic heterocycles. The molecule has 2 aromatic rings. The zero-order chi connectivity index (χ0) is 22.5. The van der Waals surface area contributed by atoms with Crippen molar-refractivity contribution in [2.45, 2.75) is 33.0 Å². The number of rotatable bonds is 6. The van der Waals surface area contributed by atoms with Gasteiger partial charge in [0.05, 0.1) is 22.9 Å². The van der Waals surface area contributed by atoms with Crippen LogP contribution < -0.4 is 14.8 Å². The fourth-order valence-corrected chi connectivity index (χ4v) is 4.57. The Morgan fingerprint density at radius 2 is 1.94 bits per heavy atom. The number of para-hydroxylation sites is 1. The van der Waals surface area contributed by atoms with E-state index < -0.39 is 0 Å². The van der Waals surface area contributed by atoms with Crippen molar-refractivity contribution in [2.75, 3.05) is 32.1 Å². The van der Waals surface area contributed by atoms with Gasteiger partial charge in [0, 0.05) is 24.3 Å². The smallest absolute Gasteiger partial charge is 0.262 e. The molecule has 1 aliphatic rings. The van der Waals surface area contributed by atoms with Crippen molar-refractivity contribution in [1.82, 2.24) is 4.90 Å². The van der Waals surface area contributed by atoms with Crippen molar-refractivity contribution in [3.63, 3.8) is 0 Å². The molecule has 166 valence electrons. The molecule has 1 saturated heterocycles. The van der Waals surface area contributed by atoms with Gasteiger partial charge >= 0.3 is 0 Å². The van der Waals surface area contributed by atoms with Crippen LogP contribution in [0.3, 0.4) is 0 Å². The molecule has 1 fully saturated rings. The SMILES string of the molecule is COc1cc(C(=S)N2C[C@H](C)O[C@@H](C)C2)cc(I)c1OCC(=O)Nc1ccccc1C. The monoisotopic (exact) mass is 554 g/mol. The summed E-state index contributed by atoms with van der Waals surface area (Å²) in [7, 11) is 1.58. The summed E-state index contributed by atoms with van der Waals surface area (Å²) in [6.07, 6.45) is 0.245.